The van der Waals surface area contributed by atoms with Crippen LogP contribution in [0.3, 0.4) is 0 Å². The standard InChI is InChI=1S/C23H37N3O5/c1-15(2)20-25-18(21(28)26(20)12-13-30-6)19(27)17(14-16-10-8-7-9-11-16)24-22(29)31-23(3,4)5/h7-11,15,17-20,25,27H,12-14H2,1-6H3,(H,24,29)/t17-,18-,19-,20?/m0/s1. The van der Waals surface area contributed by atoms with E-state index in [2.05, 4.69) is 10.6 Å². The molecular weight excluding hydrogens is 398 g/mol. The Morgan fingerprint density at radius 1 is 1.26 bits per heavy atom. The van der Waals surface area contributed by atoms with E-state index in [-0.39, 0.29) is 18.0 Å². The lowest BCUT2D eigenvalue weighted by Gasteiger charge is -2.29. The first-order valence-electron chi connectivity index (χ1n) is 10.8. The quantitative estimate of drug-likeness (QED) is 0.548. The number of methoxy groups -OCH3 is 1. The molecule has 1 aromatic carbocycles. The fourth-order valence-corrected chi connectivity index (χ4v) is 3.71. The molecule has 1 heterocycles. The lowest BCUT2D eigenvalue weighted by atomic mass is 9.96. The smallest absolute Gasteiger partial charge is 0.407 e. The highest BCUT2D eigenvalue weighted by Crippen LogP contribution is 2.22. The van der Waals surface area contributed by atoms with Crippen molar-refractivity contribution in [2.45, 2.75) is 71.0 Å². The average molecular weight is 436 g/mol. The van der Waals surface area contributed by atoms with Crippen molar-refractivity contribution in [3.8, 4) is 0 Å². The first-order valence-corrected chi connectivity index (χ1v) is 10.8. The van der Waals surface area contributed by atoms with Crippen molar-refractivity contribution in [1.29, 1.82) is 0 Å². The molecule has 31 heavy (non-hydrogen) atoms. The lowest BCUT2D eigenvalue weighted by molar-refractivity contribution is -0.133. The number of ether oxygens (including phenoxy) is 2. The molecule has 8 nitrogen and oxygen atoms in total. The normalized spacial score (nSPS) is 21.3. The summed E-state index contributed by atoms with van der Waals surface area (Å²) >= 11 is 0. The van der Waals surface area contributed by atoms with Gasteiger partial charge in [0.15, 0.2) is 0 Å². The Balaban J connectivity index is 2.22. The van der Waals surface area contributed by atoms with Crippen molar-refractivity contribution in [2.75, 3.05) is 20.3 Å². The zero-order valence-corrected chi connectivity index (χ0v) is 19.4. The van der Waals surface area contributed by atoms with Gasteiger partial charge in [0.05, 0.1) is 24.9 Å². The van der Waals surface area contributed by atoms with Crippen LogP contribution in [0, 0.1) is 5.92 Å². The maximum atomic E-state index is 13.1. The summed E-state index contributed by atoms with van der Waals surface area (Å²) in [5, 5.41) is 17.3. The molecule has 174 valence electrons. The van der Waals surface area contributed by atoms with Crippen LogP contribution >= 0.6 is 0 Å². The molecule has 1 unspecified atom stereocenters. The zero-order valence-electron chi connectivity index (χ0n) is 19.4. The Bertz CT molecular complexity index is 720. The molecule has 2 amide bonds. The van der Waals surface area contributed by atoms with Gasteiger partial charge >= 0.3 is 6.09 Å². The van der Waals surface area contributed by atoms with Crippen molar-refractivity contribution < 1.29 is 24.2 Å². The molecule has 4 atom stereocenters. The van der Waals surface area contributed by atoms with Gasteiger partial charge in [-0.3, -0.25) is 10.1 Å². The topological polar surface area (TPSA) is 100 Å². The van der Waals surface area contributed by atoms with E-state index >= 15 is 0 Å². The second kappa shape index (κ2) is 10.9. The van der Waals surface area contributed by atoms with E-state index in [1.54, 1.807) is 32.8 Å². The molecule has 0 radical (unpaired) electrons. The van der Waals surface area contributed by atoms with E-state index in [1.807, 2.05) is 44.2 Å². The van der Waals surface area contributed by atoms with Crippen molar-refractivity contribution in [3.63, 3.8) is 0 Å². The number of carbonyl (C=O) groups is 2. The van der Waals surface area contributed by atoms with Gasteiger partial charge in [-0.25, -0.2) is 4.79 Å². The van der Waals surface area contributed by atoms with Crippen LogP contribution < -0.4 is 10.6 Å². The molecular formula is C23H37N3O5. The number of hydrogen-bond donors (Lipinski definition) is 3. The predicted octanol–water partition coefficient (Wildman–Crippen LogP) is 1.91. The highest BCUT2D eigenvalue weighted by Gasteiger charge is 2.46. The van der Waals surface area contributed by atoms with Gasteiger partial charge in [-0.05, 0) is 38.7 Å². The number of nitrogens with zero attached hydrogens (tertiary/aromatic N) is 1. The molecule has 0 saturated carbocycles. The molecule has 0 aromatic heterocycles. The minimum Gasteiger partial charge on any atom is -0.444 e. The lowest BCUT2D eigenvalue weighted by Crippen LogP contribution is -2.55. The third-order valence-corrected chi connectivity index (χ3v) is 5.16. The molecule has 8 heteroatoms. The van der Waals surface area contributed by atoms with E-state index in [9.17, 15) is 14.7 Å². The van der Waals surface area contributed by atoms with Gasteiger partial charge < -0.3 is 24.8 Å². The average Bonchev–Trinajstić information content (AvgIpc) is 3.01. The summed E-state index contributed by atoms with van der Waals surface area (Å²) in [4.78, 5) is 27.3. The SMILES string of the molecule is COCCN1C(=O)[C@H]([C@@H](O)[C@H](Cc2ccccc2)NC(=O)OC(C)(C)C)NC1C(C)C. The monoisotopic (exact) mass is 435 g/mol. The molecule has 1 saturated heterocycles. The summed E-state index contributed by atoms with van der Waals surface area (Å²) in [7, 11) is 1.59. The van der Waals surface area contributed by atoms with E-state index in [0.29, 0.717) is 19.6 Å². The molecule has 3 N–H and O–H groups in total. The van der Waals surface area contributed by atoms with Gasteiger partial charge in [0.1, 0.15) is 11.6 Å². The summed E-state index contributed by atoms with van der Waals surface area (Å²) in [6.07, 6.45) is -1.64. The molecule has 1 aromatic rings. The maximum absolute atomic E-state index is 13.1. The van der Waals surface area contributed by atoms with Gasteiger partial charge in [0.25, 0.3) is 0 Å². The van der Waals surface area contributed by atoms with Crippen LogP contribution in [0.15, 0.2) is 30.3 Å². The van der Waals surface area contributed by atoms with Crippen molar-refractivity contribution in [2.24, 2.45) is 5.92 Å². The van der Waals surface area contributed by atoms with E-state index in [4.69, 9.17) is 9.47 Å². The number of alkyl carbamates (subject to hydrolysis) is 1. The highest BCUT2D eigenvalue weighted by molar-refractivity contribution is 5.85. The summed E-state index contributed by atoms with van der Waals surface area (Å²) in [6.45, 7) is 10.2. The second-order valence-electron chi connectivity index (χ2n) is 9.29. The molecule has 2 rings (SSSR count). The number of nitrogens with one attached hydrogen (secondary N) is 2. The number of aliphatic hydroxyl groups excluding tert-OH is 1. The fraction of sp³-hybridized carbons (Fsp3) is 0.652. The number of hydrogen-bond acceptors (Lipinski definition) is 6. The Kier molecular flexibility index (Phi) is 8.85. The third-order valence-electron chi connectivity index (χ3n) is 5.16. The summed E-state index contributed by atoms with van der Waals surface area (Å²) < 4.78 is 10.5. The summed E-state index contributed by atoms with van der Waals surface area (Å²) in [5.41, 5.74) is 0.262. The summed E-state index contributed by atoms with van der Waals surface area (Å²) in [6, 6.07) is 7.98. The first kappa shape index (κ1) is 25.1. The summed E-state index contributed by atoms with van der Waals surface area (Å²) in [5.74, 6) is -0.0586. The van der Waals surface area contributed by atoms with Crippen LogP contribution in [0.1, 0.15) is 40.2 Å². The Morgan fingerprint density at radius 3 is 2.45 bits per heavy atom. The van der Waals surface area contributed by atoms with Crippen molar-refractivity contribution in [1.82, 2.24) is 15.5 Å². The second-order valence-corrected chi connectivity index (χ2v) is 9.29. The maximum Gasteiger partial charge on any atom is 0.407 e. The number of benzene rings is 1. The third kappa shape index (κ3) is 7.19. The Labute approximate surface area is 185 Å². The van der Waals surface area contributed by atoms with Crippen LogP contribution in [-0.2, 0) is 20.7 Å². The fourth-order valence-electron chi connectivity index (χ4n) is 3.71. The Morgan fingerprint density at radius 2 is 1.90 bits per heavy atom. The molecule has 0 aliphatic carbocycles. The van der Waals surface area contributed by atoms with Crippen LogP contribution in [0.4, 0.5) is 4.79 Å². The number of rotatable bonds is 9. The van der Waals surface area contributed by atoms with Crippen LogP contribution in [0.2, 0.25) is 0 Å². The van der Waals surface area contributed by atoms with E-state index in [1.165, 1.54) is 0 Å². The predicted molar refractivity (Wildman–Crippen MR) is 118 cm³/mol. The minimum atomic E-state index is -1.14. The number of carbonyl (C=O) groups excluding carboxylic acids is 2. The first-order chi connectivity index (χ1) is 14.5. The zero-order chi connectivity index (χ0) is 23.2. The van der Waals surface area contributed by atoms with Crippen molar-refractivity contribution >= 4 is 12.0 Å². The number of aliphatic hydroxyl groups is 1. The number of amides is 2. The largest absolute Gasteiger partial charge is 0.444 e. The molecule has 0 spiro atoms. The van der Waals surface area contributed by atoms with Gasteiger partial charge in [0.2, 0.25) is 5.91 Å². The highest BCUT2D eigenvalue weighted by atomic mass is 16.6. The van der Waals surface area contributed by atoms with E-state index < -0.39 is 29.9 Å². The van der Waals surface area contributed by atoms with Gasteiger partial charge in [-0.2, -0.15) is 0 Å². The van der Waals surface area contributed by atoms with Crippen LogP contribution in [0.25, 0.3) is 0 Å². The Hall–Kier alpha value is -2.16. The molecule has 1 aliphatic rings. The minimum absolute atomic E-state index is 0.143. The van der Waals surface area contributed by atoms with Gasteiger partial charge in [-0.1, -0.05) is 44.2 Å². The molecule has 1 aliphatic heterocycles. The van der Waals surface area contributed by atoms with Gasteiger partial charge in [-0.15, -0.1) is 0 Å². The van der Waals surface area contributed by atoms with Gasteiger partial charge in [0, 0.05) is 13.7 Å². The van der Waals surface area contributed by atoms with Crippen molar-refractivity contribution in [3.05, 3.63) is 35.9 Å². The van der Waals surface area contributed by atoms with Crippen LogP contribution in [0.5, 0.6) is 0 Å². The molecule has 0 bridgehead atoms. The molecule has 1 fully saturated rings. The van der Waals surface area contributed by atoms with E-state index in [0.717, 1.165) is 5.56 Å². The van der Waals surface area contributed by atoms with Crippen LogP contribution in [-0.4, -0.2) is 72.2 Å².